The Morgan fingerprint density at radius 3 is 2.68 bits per heavy atom. The van der Waals surface area contributed by atoms with Gasteiger partial charge in [-0.05, 0) is 49.6 Å². The Balaban J connectivity index is 0.00000156. The number of aryl methyl sites for hydroxylation is 1. The van der Waals surface area contributed by atoms with Crippen LogP contribution >= 0.6 is 24.8 Å². The van der Waals surface area contributed by atoms with E-state index in [0.29, 0.717) is 18.5 Å². The average Bonchev–Trinajstić information content (AvgIpc) is 2.48. The zero-order valence-electron chi connectivity index (χ0n) is 14.1. The summed E-state index contributed by atoms with van der Waals surface area (Å²) in [4.78, 5) is 2.16. The van der Waals surface area contributed by atoms with E-state index in [-0.39, 0.29) is 30.7 Å². The first-order chi connectivity index (χ1) is 10.8. The predicted octanol–water partition coefficient (Wildman–Crippen LogP) is 3.40. The number of hydrogen-bond donors (Lipinski definition) is 2. The van der Waals surface area contributed by atoms with Gasteiger partial charge in [-0.3, -0.25) is 4.90 Å². The topological polar surface area (TPSA) is 35.5 Å². The van der Waals surface area contributed by atoms with Crippen molar-refractivity contribution in [3.8, 4) is 0 Å². The Morgan fingerprint density at radius 2 is 2.00 bits per heavy atom. The fourth-order valence-corrected chi connectivity index (χ4v) is 3.70. The number of likely N-dealkylation sites (tertiary alicyclic amines) is 1. The average molecular weight is 401 g/mol. The van der Waals surface area contributed by atoms with Gasteiger partial charge in [-0.2, -0.15) is 13.2 Å². The molecule has 2 saturated heterocycles. The lowest BCUT2D eigenvalue weighted by Gasteiger charge is -2.47. The second-order valence-electron chi connectivity index (χ2n) is 6.88. The van der Waals surface area contributed by atoms with Crippen LogP contribution in [0, 0.1) is 12.8 Å². The minimum atomic E-state index is -4.31. The molecule has 0 saturated carbocycles. The summed E-state index contributed by atoms with van der Waals surface area (Å²) in [6.07, 6.45) is -2.86. The molecule has 3 rings (SSSR count). The Kier molecular flexibility index (Phi) is 7.60. The summed E-state index contributed by atoms with van der Waals surface area (Å²) >= 11 is 0. The van der Waals surface area contributed by atoms with Crippen molar-refractivity contribution in [1.29, 1.82) is 0 Å². The summed E-state index contributed by atoms with van der Waals surface area (Å²) in [5.41, 5.74) is 0.394. The van der Waals surface area contributed by atoms with Crippen molar-refractivity contribution in [2.45, 2.75) is 38.1 Å². The quantitative estimate of drug-likeness (QED) is 0.798. The van der Waals surface area contributed by atoms with E-state index in [2.05, 4.69) is 10.2 Å². The smallest absolute Gasteiger partial charge is 0.389 e. The van der Waals surface area contributed by atoms with Crippen LogP contribution in [0.3, 0.4) is 0 Å². The maximum atomic E-state index is 12.9. The third kappa shape index (κ3) is 5.01. The molecule has 0 spiro atoms. The molecule has 2 N–H and O–H groups in total. The van der Waals surface area contributed by atoms with E-state index in [1.54, 1.807) is 6.07 Å². The van der Waals surface area contributed by atoms with Gasteiger partial charge < -0.3 is 10.4 Å². The summed E-state index contributed by atoms with van der Waals surface area (Å²) in [6, 6.07) is 3.94. The first kappa shape index (κ1) is 22.5. The number of piperidine rings is 2. The fraction of sp³-hybridized carbons (Fsp3) is 0.647. The van der Waals surface area contributed by atoms with Crippen LogP contribution in [0.2, 0.25) is 0 Å². The van der Waals surface area contributed by atoms with E-state index in [9.17, 15) is 18.3 Å². The van der Waals surface area contributed by atoms with Gasteiger partial charge in [-0.1, -0.05) is 6.07 Å². The predicted molar refractivity (Wildman–Crippen MR) is 96.5 cm³/mol. The van der Waals surface area contributed by atoms with Crippen LogP contribution in [0.5, 0.6) is 0 Å². The summed E-state index contributed by atoms with van der Waals surface area (Å²) in [5, 5.41) is 14.0. The van der Waals surface area contributed by atoms with Crippen LogP contribution in [-0.4, -0.2) is 41.8 Å². The monoisotopic (exact) mass is 400 g/mol. The minimum Gasteiger partial charge on any atom is -0.389 e. The maximum Gasteiger partial charge on any atom is 0.416 e. The number of halogens is 5. The molecule has 2 heterocycles. The number of nitrogens with zero attached hydrogens (tertiary/aromatic N) is 1. The van der Waals surface area contributed by atoms with Gasteiger partial charge in [0.1, 0.15) is 0 Å². The van der Waals surface area contributed by atoms with Gasteiger partial charge in [-0.25, -0.2) is 0 Å². The van der Waals surface area contributed by atoms with Crippen LogP contribution in [-0.2, 0) is 12.7 Å². The zero-order valence-corrected chi connectivity index (χ0v) is 15.7. The highest BCUT2D eigenvalue weighted by Gasteiger charge is 2.42. The highest BCUT2D eigenvalue weighted by atomic mass is 35.5. The number of alkyl halides is 3. The molecular formula is C17H25Cl2F3N2O. The van der Waals surface area contributed by atoms with E-state index in [1.165, 1.54) is 6.07 Å². The number of nitrogens with one attached hydrogen (secondary N) is 1. The highest BCUT2D eigenvalue weighted by molar-refractivity contribution is 5.85. The number of benzene rings is 1. The first-order valence-electron chi connectivity index (χ1n) is 8.10. The second-order valence-corrected chi connectivity index (χ2v) is 6.88. The molecule has 25 heavy (non-hydrogen) atoms. The fourth-order valence-electron chi connectivity index (χ4n) is 3.70. The molecule has 0 unspecified atom stereocenters. The van der Waals surface area contributed by atoms with Crippen LogP contribution in [0.15, 0.2) is 18.2 Å². The van der Waals surface area contributed by atoms with Crippen LogP contribution in [0.1, 0.15) is 29.5 Å². The molecule has 0 aliphatic carbocycles. The molecule has 0 aromatic heterocycles. The molecule has 1 aromatic rings. The van der Waals surface area contributed by atoms with Crippen LogP contribution in [0.4, 0.5) is 13.2 Å². The Labute approximate surface area is 158 Å². The van der Waals surface area contributed by atoms with Crippen molar-refractivity contribution in [3.63, 3.8) is 0 Å². The van der Waals surface area contributed by atoms with E-state index in [1.807, 2.05) is 6.92 Å². The lowest BCUT2D eigenvalue weighted by atomic mass is 9.76. The third-order valence-corrected chi connectivity index (χ3v) is 5.30. The van der Waals surface area contributed by atoms with E-state index in [0.717, 1.165) is 44.2 Å². The number of hydrogen-bond acceptors (Lipinski definition) is 3. The van der Waals surface area contributed by atoms with Crippen molar-refractivity contribution in [1.82, 2.24) is 10.2 Å². The summed E-state index contributed by atoms with van der Waals surface area (Å²) in [6.45, 7) is 5.40. The van der Waals surface area contributed by atoms with E-state index in [4.69, 9.17) is 0 Å². The molecule has 1 aromatic carbocycles. The molecule has 0 bridgehead atoms. The third-order valence-electron chi connectivity index (χ3n) is 5.30. The number of fused-ring (bicyclic) bond motifs is 1. The molecule has 144 valence electrons. The standard InChI is InChI=1S/C17H23F3N2O.2ClH/c1-12-2-3-14(17(18,19)20)8-13(12)10-22-7-5-16(23)4-6-21-9-15(16)11-22;;/h2-3,8,15,21,23H,4-7,9-11H2,1H3;2*1H/t15-,16-;;/m0../s1. The van der Waals surface area contributed by atoms with Gasteiger partial charge in [0.05, 0.1) is 11.2 Å². The van der Waals surface area contributed by atoms with Crippen LogP contribution < -0.4 is 5.32 Å². The SMILES string of the molecule is Cc1ccc(C(F)(F)F)cc1CN1CC[C@@]2(O)CCNC[C@H]2C1.Cl.Cl. The highest BCUT2D eigenvalue weighted by Crippen LogP contribution is 2.34. The Bertz CT molecular complexity index is 586. The second kappa shape index (κ2) is 8.44. The molecular weight excluding hydrogens is 376 g/mol. The van der Waals surface area contributed by atoms with Gasteiger partial charge in [0.15, 0.2) is 0 Å². The van der Waals surface area contributed by atoms with Crippen molar-refractivity contribution >= 4 is 24.8 Å². The maximum absolute atomic E-state index is 12.9. The minimum absolute atomic E-state index is 0. The first-order valence-corrected chi connectivity index (χ1v) is 8.10. The molecule has 0 radical (unpaired) electrons. The summed E-state index contributed by atoms with van der Waals surface area (Å²) in [5.74, 6) is 0.149. The molecule has 0 amide bonds. The lowest BCUT2D eigenvalue weighted by Crippen LogP contribution is -2.58. The van der Waals surface area contributed by atoms with Crippen molar-refractivity contribution in [2.75, 3.05) is 26.2 Å². The van der Waals surface area contributed by atoms with E-state index >= 15 is 0 Å². The van der Waals surface area contributed by atoms with Gasteiger partial charge in [-0.15, -0.1) is 24.8 Å². The number of aliphatic hydroxyl groups is 1. The molecule has 2 aliphatic rings. The largest absolute Gasteiger partial charge is 0.416 e. The van der Waals surface area contributed by atoms with Gasteiger partial charge in [0.25, 0.3) is 0 Å². The van der Waals surface area contributed by atoms with Gasteiger partial charge >= 0.3 is 6.18 Å². The van der Waals surface area contributed by atoms with Crippen molar-refractivity contribution in [3.05, 3.63) is 34.9 Å². The van der Waals surface area contributed by atoms with Crippen molar-refractivity contribution in [2.24, 2.45) is 5.92 Å². The number of rotatable bonds is 2. The van der Waals surface area contributed by atoms with Gasteiger partial charge in [0.2, 0.25) is 0 Å². The normalized spacial score (nSPS) is 27.0. The van der Waals surface area contributed by atoms with E-state index < -0.39 is 17.3 Å². The molecule has 2 fully saturated rings. The Hall–Kier alpha value is -0.530. The molecule has 2 atom stereocenters. The lowest BCUT2D eigenvalue weighted by molar-refractivity contribution is -0.137. The molecule has 3 nitrogen and oxygen atoms in total. The summed E-state index contributed by atoms with van der Waals surface area (Å²) < 4.78 is 38.7. The van der Waals surface area contributed by atoms with Crippen molar-refractivity contribution < 1.29 is 18.3 Å². The van der Waals surface area contributed by atoms with Crippen LogP contribution in [0.25, 0.3) is 0 Å². The van der Waals surface area contributed by atoms with Gasteiger partial charge in [0, 0.05) is 32.1 Å². The molecule has 2 aliphatic heterocycles. The summed E-state index contributed by atoms with van der Waals surface area (Å²) in [7, 11) is 0. The Morgan fingerprint density at radius 1 is 1.28 bits per heavy atom. The zero-order chi connectivity index (χ0) is 16.7. The molecule has 8 heteroatoms.